The Bertz CT molecular complexity index is 659. The predicted octanol–water partition coefficient (Wildman–Crippen LogP) is 2.80. The second-order valence-corrected chi connectivity index (χ2v) is 9.39. The maximum Gasteiger partial charge on any atom is 0.240 e. The fourth-order valence-corrected chi connectivity index (χ4v) is 4.83. The van der Waals surface area contributed by atoms with E-state index in [1.807, 2.05) is 31.2 Å². The van der Waals surface area contributed by atoms with Gasteiger partial charge in [0.05, 0.1) is 5.75 Å². The van der Waals surface area contributed by atoms with Gasteiger partial charge in [-0.1, -0.05) is 38.1 Å². The van der Waals surface area contributed by atoms with Gasteiger partial charge in [0, 0.05) is 13.1 Å². The molecule has 0 aliphatic carbocycles. The molecule has 1 heterocycles. The highest BCUT2D eigenvalue weighted by atomic mass is 32.2. The SMILES string of the molecule is Cc1ccccc1CS(=O)(=O)C(C)C(=O)N1CC(C)CC(C)C1. The molecule has 1 aliphatic rings. The highest BCUT2D eigenvalue weighted by Crippen LogP contribution is 2.23. The van der Waals surface area contributed by atoms with Gasteiger partial charge in [0.15, 0.2) is 9.84 Å². The molecule has 128 valence electrons. The van der Waals surface area contributed by atoms with E-state index in [-0.39, 0.29) is 11.7 Å². The lowest BCUT2D eigenvalue weighted by Crippen LogP contribution is -2.48. The summed E-state index contributed by atoms with van der Waals surface area (Å²) in [5.74, 6) is 0.519. The van der Waals surface area contributed by atoms with Crippen LogP contribution in [-0.4, -0.2) is 37.6 Å². The lowest BCUT2D eigenvalue weighted by Gasteiger charge is -2.36. The van der Waals surface area contributed by atoms with Crippen LogP contribution in [0.25, 0.3) is 0 Å². The van der Waals surface area contributed by atoms with Gasteiger partial charge in [-0.05, 0) is 43.2 Å². The Balaban J connectivity index is 2.13. The molecule has 23 heavy (non-hydrogen) atoms. The van der Waals surface area contributed by atoms with Gasteiger partial charge in [0.1, 0.15) is 5.25 Å². The van der Waals surface area contributed by atoms with Crippen LogP contribution in [0.1, 0.15) is 38.3 Å². The van der Waals surface area contributed by atoms with Crippen molar-refractivity contribution < 1.29 is 13.2 Å². The van der Waals surface area contributed by atoms with Crippen molar-refractivity contribution in [3.8, 4) is 0 Å². The van der Waals surface area contributed by atoms with Gasteiger partial charge in [0.2, 0.25) is 5.91 Å². The maximum atomic E-state index is 12.7. The Hall–Kier alpha value is -1.36. The second kappa shape index (κ2) is 7.04. The molecule has 3 unspecified atom stereocenters. The molecule has 3 atom stereocenters. The van der Waals surface area contributed by atoms with Crippen LogP contribution in [0.4, 0.5) is 0 Å². The summed E-state index contributed by atoms with van der Waals surface area (Å²) in [5.41, 5.74) is 1.71. The van der Waals surface area contributed by atoms with Crippen LogP contribution in [0.15, 0.2) is 24.3 Å². The van der Waals surface area contributed by atoms with E-state index in [9.17, 15) is 13.2 Å². The molecule has 1 amide bonds. The third-order valence-electron chi connectivity index (χ3n) is 4.68. The van der Waals surface area contributed by atoms with Crippen LogP contribution in [-0.2, 0) is 20.4 Å². The first kappa shape index (κ1) is 18.0. The molecular weight excluding hydrogens is 310 g/mol. The molecule has 2 rings (SSSR count). The molecule has 0 radical (unpaired) electrons. The first-order valence-corrected chi connectivity index (χ1v) is 9.97. The topological polar surface area (TPSA) is 54.5 Å². The number of piperidine rings is 1. The Labute approximate surface area is 139 Å². The van der Waals surface area contributed by atoms with Crippen LogP contribution in [0.5, 0.6) is 0 Å². The predicted molar refractivity (Wildman–Crippen MR) is 92.8 cm³/mol. The fourth-order valence-electron chi connectivity index (χ4n) is 3.37. The zero-order valence-electron chi connectivity index (χ0n) is 14.5. The van der Waals surface area contributed by atoms with Crippen LogP contribution in [0, 0.1) is 18.8 Å². The van der Waals surface area contributed by atoms with Crippen molar-refractivity contribution in [2.45, 2.75) is 45.1 Å². The number of aryl methyl sites for hydroxylation is 1. The lowest BCUT2D eigenvalue weighted by molar-refractivity contribution is -0.133. The first-order chi connectivity index (χ1) is 10.7. The molecule has 5 heteroatoms. The van der Waals surface area contributed by atoms with Crippen molar-refractivity contribution in [1.82, 2.24) is 4.90 Å². The van der Waals surface area contributed by atoms with E-state index < -0.39 is 15.1 Å². The number of likely N-dealkylation sites (tertiary alicyclic amines) is 1. The molecule has 0 spiro atoms. The van der Waals surface area contributed by atoms with Gasteiger partial charge >= 0.3 is 0 Å². The number of amides is 1. The Morgan fingerprint density at radius 1 is 1.22 bits per heavy atom. The van der Waals surface area contributed by atoms with Crippen molar-refractivity contribution in [3.63, 3.8) is 0 Å². The maximum absolute atomic E-state index is 12.7. The summed E-state index contributed by atoms with van der Waals surface area (Å²) < 4.78 is 25.3. The van der Waals surface area contributed by atoms with Crippen molar-refractivity contribution >= 4 is 15.7 Å². The van der Waals surface area contributed by atoms with Gasteiger partial charge in [0.25, 0.3) is 0 Å². The van der Waals surface area contributed by atoms with E-state index in [1.54, 1.807) is 4.90 Å². The van der Waals surface area contributed by atoms with Gasteiger partial charge in [-0.25, -0.2) is 8.42 Å². The highest BCUT2D eigenvalue weighted by molar-refractivity contribution is 7.92. The van der Waals surface area contributed by atoms with E-state index in [0.717, 1.165) is 17.5 Å². The quantitative estimate of drug-likeness (QED) is 0.849. The fraction of sp³-hybridized carbons (Fsp3) is 0.611. The normalized spacial score (nSPS) is 23.6. The standard InChI is InChI=1S/C18H27NO3S/c1-13-9-14(2)11-19(10-13)18(20)16(4)23(21,22)12-17-8-6-5-7-15(17)3/h5-8,13-14,16H,9-12H2,1-4H3. The minimum absolute atomic E-state index is 0.0779. The molecule has 1 aromatic rings. The summed E-state index contributed by atoms with van der Waals surface area (Å²) in [5, 5.41) is -0.986. The van der Waals surface area contributed by atoms with Crippen molar-refractivity contribution in [1.29, 1.82) is 0 Å². The van der Waals surface area contributed by atoms with Crippen molar-refractivity contribution in [2.24, 2.45) is 11.8 Å². The monoisotopic (exact) mass is 337 g/mol. The number of hydrogen-bond acceptors (Lipinski definition) is 3. The third-order valence-corrected chi connectivity index (χ3v) is 6.68. The van der Waals surface area contributed by atoms with Crippen LogP contribution in [0.2, 0.25) is 0 Å². The summed E-state index contributed by atoms with van der Waals surface area (Å²) >= 11 is 0. The van der Waals surface area contributed by atoms with Crippen molar-refractivity contribution in [3.05, 3.63) is 35.4 Å². The van der Waals surface area contributed by atoms with Crippen LogP contribution >= 0.6 is 0 Å². The van der Waals surface area contributed by atoms with E-state index in [4.69, 9.17) is 0 Å². The average molecular weight is 337 g/mol. The summed E-state index contributed by atoms with van der Waals surface area (Å²) in [6.07, 6.45) is 1.09. The molecule has 0 saturated carbocycles. The van der Waals surface area contributed by atoms with Crippen LogP contribution < -0.4 is 0 Å². The number of hydrogen-bond donors (Lipinski definition) is 0. The average Bonchev–Trinajstić information content (AvgIpc) is 2.47. The van der Waals surface area contributed by atoms with Gasteiger partial charge in [-0.3, -0.25) is 4.79 Å². The van der Waals surface area contributed by atoms with E-state index in [1.165, 1.54) is 6.92 Å². The molecule has 1 saturated heterocycles. The third kappa shape index (κ3) is 4.34. The number of sulfone groups is 1. The van der Waals surface area contributed by atoms with Crippen molar-refractivity contribution in [2.75, 3.05) is 13.1 Å². The number of nitrogens with zero attached hydrogens (tertiary/aromatic N) is 1. The van der Waals surface area contributed by atoms with E-state index >= 15 is 0 Å². The summed E-state index contributed by atoms with van der Waals surface area (Å²) in [7, 11) is -3.51. The number of rotatable bonds is 4. The second-order valence-electron chi connectivity index (χ2n) is 7.07. The number of benzene rings is 1. The van der Waals surface area contributed by atoms with E-state index in [0.29, 0.717) is 24.9 Å². The molecule has 0 aromatic heterocycles. The molecule has 0 N–H and O–H groups in total. The molecule has 4 nitrogen and oxygen atoms in total. The number of carbonyl (C=O) groups is 1. The van der Waals surface area contributed by atoms with E-state index in [2.05, 4.69) is 13.8 Å². The number of carbonyl (C=O) groups excluding carboxylic acids is 1. The van der Waals surface area contributed by atoms with Crippen LogP contribution in [0.3, 0.4) is 0 Å². The minimum atomic E-state index is -3.51. The van der Waals surface area contributed by atoms with Gasteiger partial charge in [-0.2, -0.15) is 0 Å². The summed E-state index contributed by atoms with van der Waals surface area (Å²) in [6.45, 7) is 8.97. The largest absolute Gasteiger partial charge is 0.341 e. The molecule has 1 fully saturated rings. The Kier molecular flexibility index (Phi) is 5.50. The zero-order valence-corrected chi connectivity index (χ0v) is 15.3. The highest BCUT2D eigenvalue weighted by Gasteiger charge is 2.34. The molecular formula is C18H27NO3S. The molecule has 1 aromatic carbocycles. The summed E-state index contributed by atoms with van der Waals surface area (Å²) in [6, 6.07) is 7.43. The molecule has 0 bridgehead atoms. The van der Waals surface area contributed by atoms with Gasteiger partial charge in [-0.15, -0.1) is 0 Å². The van der Waals surface area contributed by atoms with Gasteiger partial charge < -0.3 is 4.90 Å². The minimum Gasteiger partial charge on any atom is -0.341 e. The Morgan fingerprint density at radius 3 is 2.35 bits per heavy atom. The first-order valence-electron chi connectivity index (χ1n) is 8.25. The zero-order chi connectivity index (χ0) is 17.2. The summed E-state index contributed by atoms with van der Waals surface area (Å²) in [4.78, 5) is 14.4. The smallest absolute Gasteiger partial charge is 0.240 e. The molecule has 1 aliphatic heterocycles. The Morgan fingerprint density at radius 2 is 1.78 bits per heavy atom. The lowest BCUT2D eigenvalue weighted by atomic mass is 9.92.